The highest BCUT2D eigenvalue weighted by atomic mass is 19.1. The molecular formula is C26H21FN6O8. The van der Waals surface area contributed by atoms with Gasteiger partial charge in [0.2, 0.25) is 5.82 Å². The molecule has 1 heterocycles. The molecule has 210 valence electrons. The topological polar surface area (TPSA) is 178 Å². The van der Waals surface area contributed by atoms with Crippen molar-refractivity contribution in [3.05, 3.63) is 97.8 Å². The molecule has 0 atom stereocenters. The van der Waals surface area contributed by atoms with Crippen LogP contribution in [0.5, 0.6) is 0 Å². The van der Waals surface area contributed by atoms with Crippen molar-refractivity contribution in [3.8, 4) is 0 Å². The standard InChI is InChI=1S/C26H21FN6O8/c1-30(11-10-24(34)41-13-12-31-25(35)18-4-2-3-5-19(18)26(31)36)17-8-6-16(7-9-17)28-29-21-14-20(27)22(32(37)38)15-23(21)33(39)40/h2-9,14-15H,10-13H2,1H3/b29-28+. The van der Waals surface area contributed by atoms with E-state index < -0.39 is 50.5 Å². The average molecular weight is 564 g/mol. The van der Waals surface area contributed by atoms with E-state index in [0.717, 1.165) is 4.90 Å². The van der Waals surface area contributed by atoms with Gasteiger partial charge in [0.05, 0.1) is 45.7 Å². The number of nitrogens with zero attached hydrogens (tertiary/aromatic N) is 6. The van der Waals surface area contributed by atoms with Crippen molar-refractivity contribution in [2.45, 2.75) is 6.42 Å². The molecule has 14 nitrogen and oxygen atoms in total. The SMILES string of the molecule is CN(CCC(=O)OCCN1C(=O)c2ccccc2C1=O)c1ccc(/N=N/c2cc(F)c([N+](=O)[O-])cc2[N+](=O)[O-])cc1. The Morgan fingerprint density at radius 3 is 2.15 bits per heavy atom. The van der Waals surface area contributed by atoms with Crippen LogP contribution in [-0.2, 0) is 9.53 Å². The van der Waals surface area contributed by atoms with Gasteiger partial charge in [-0.2, -0.15) is 9.50 Å². The number of amides is 2. The Morgan fingerprint density at radius 2 is 1.56 bits per heavy atom. The number of benzene rings is 3. The number of ether oxygens (including phenoxy) is 1. The first-order valence-corrected chi connectivity index (χ1v) is 12.0. The molecule has 0 spiro atoms. The Balaban J connectivity index is 1.27. The van der Waals surface area contributed by atoms with E-state index in [1.54, 1.807) is 48.3 Å². The number of hydrogen-bond donors (Lipinski definition) is 0. The first kappa shape index (κ1) is 28.4. The fourth-order valence-corrected chi connectivity index (χ4v) is 3.95. The molecule has 0 fully saturated rings. The molecule has 0 aromatic heterocycles. The predicted molar refractivity (Wildman–Crippen MR) is 141 cm³/mol. The largest absolute Gasteiger partial charge is 0.464 e. The lowest BCUT2D eigenvalue weighted by Gasteiger charge is -2.19. The molecule has 0 bridgehead atoms. The van der Waals surface area contributed by atoms with Crippen LogP contribution in [0.3, 0.4) is 0 Å². The number of halogens is 1. The summed E-state index contributed by atoms with van der Waals surface area (Å²) in [4.78, 5) is 59.8. The van der Waals surface area contributed by atoms with Gasteiger partial charge in [-0.1, -0.05) is 12.1 Å². The van der Waals surface area contributed by atoms with E-state index in [9.17, 15) is 39.0 Å². The maximum atomic E-state index is 13.9. The third-order valence-corrected chi connectivity index (χ3v) is 6.11. The van der Waals surface area contributed by atoms with Gasteiger partial charge in [0.15, 0.2) is 5.69 Å². The van der Waals surface area contributed by atoms with E-state index in [2.05, 4.69) is 10.2 Å². The van der Waals surface area contributed by atoms with Crippen molar-refractivity contribution in [1.82, 2.24) is 4.90 Å². The number of hydrogen-bond acceptors (Lipinski definition) is 11. The van der Waals surface area contributed by atoms with E-state index in [0.29, 0.717) is 28.9 Å². The normalized spacial score (nSPS) is 12.5. The molecule has 41 heavy (non-hydrogen) atoms. The van der Waals surface area contributed by atoms with Gasteiger partial charge in [-0.25, -0.2) is 0 Å². The average Bonchev–Trinajstić information content (AvgIpc) is 3.19. The van der Waals surface area contributed by atoms with E-state index in [4.69, 9.17) is 4.74 Å². The number of fused-ring (bicyclic) bond motifs is 1. The molecule has 0 unspecified atom stereocenters. The number of azo groups is 1. The highest BCUT2D eigenvalue weighted by molar-refractivity contribution is 6.21. The Kier molecular flexibility index (Phi) is 8.36. The van der Waals surface area contributed by atoms with E-state index >= 15 is 0 Å². The van der Waals surface area contributed by atoms with Crippen molar-refractivity contribution in [1.29, 1.82) is 0 Å². The fraction of sp³-hybridized carbons (Fsp3) is 0.192. The van der Waals surface area contributed by atoms with E-state index in [1.165, 1.54) is 12.1 Å². The van der Waals surface area contributed by atoms with Gasteiger partial charge in [-0.3, -0.25) is 39.5 Å². The summed E-state index contributed by atoms with van der Waals surface area (Å²) in [5.74, 6) is -2.66. The molecular weight excluding hydrogens is 543 g/mol. The molecule has 1 aliphatic rings. The van der Waals surface area contributed by atoms with Gasteiger partial charge in [-0.05, 0) is 36.4 Å². The summed E-state index contributed by atoms with van der Waals surface area (Å²) < 4.78 is 19.1. The molecule has 4 rings (SSSR count). The molecule has 2 amide bonds. The van der Waals surface area contributed by atoms with Crippen molar-refractivity contribution in [3.63, 3.8) is 0 Å². The molecule has 3 aromatic rings. The van der Waals surface area contributed by atoms with Crippen molar-refractivity contribution >= 4 is 46.2 Å². The minimum absolute atomic E-state index is 0.0233. The number of carbonyl (C=O) groups excluding carboxylic acids is 3. The van der Waals surface area contributed by atoms with Gasteiger partial charge < -0.3 is 9.64 Å². The lowest BCUT2D eigenvalue weighted by molar-refractivity contribution is -0.395. The molecule has 0 saturated heterocycles. The molecule has 3 aromatic carbocycles. The lowest BCUT2D eigenvalue weighted by atomic mass is 10.1. The number of nitro groups is 2. The molecule has 0 radical (unpaired) electrons. The van der Waals surface area contributed by atoms with Crippen LogP contribution < -0.4 is 4.90 Å². The first-order chi connectivity index (χ1) is 19.6. The minimum Gasteiger partial charge on any atom is -0.464 e. The van der Waals surface area contributed by atoms with Crippen molar-refractivity contribution in [2.75, 3.05) is 31.6 Å². The Labute approximate surface area is 230 Å². The summed E-state index contributed by atoms with van der Waals surface area (Å²) in [5.41, 5.74) is -0.707. The zero-order chi connectivity index (χ0) is 29.7. The number of rotatable bonds is 11. The van der Waals surface area contributed by atoms with Crippen LogP contribution in [0.4, 0.5) is 32.8 Å². The van der Waals surface area contributed by atoms with Crippen LogP contribution in [0.2, 0.25) is 0 Å². The number of carbonyl (C=O) groups is 3. The molecule has 15 heteroatoms. The maximum Gasteiger partial charge on any atom is 0.311 e. The monoisotopic (exact) mass is 564 g/mol. The van der Waals surface area contributed by atoms with Gasteiger partial charge in [0.1, 0.15) is 6.61 Å². The first-order valence-electron chi connectivity index (χ1n) is 12.0. The number of esters is 1. The van der Waals surface area contributed by atoms with Crippen LogP contribution in [0.1, 0.15) is 27.1 Å². The smallest absolute Gasteiger partial charge is 0.311 e. The van der Waals surface area contributed by atoms with Crippen LogP contribution >= 0.6 is 0 Å². The summed E-state index contributed by atoms with van der Waals surface area (Å²) >= 11 is 0. The van der Waals surface area contributed by atoms with Gasteiger partial charge >= 0.3 is 17.3 Å². The highest BCUT2D eigenvalue weighted by Gasteiger charge is 2.34. The molecule has 0 saturated carbocycles. The summed E-state index contributed by atoms with van der Waals surface area (Å²) in [6, 6.07) is 13.9. The van der Waals surface area contributed by atoms with Crippen LogP contribution in [0, 0.1) is 26.0 Å². The minimum atomic E-state index is -1.28. The van der Waals surface area contributed by atoms with Gasteiger partial charge in [-0.15, -0.1) is 5.11 Å². The third kappa shape index (κ3) is 6.35. The van der Waals surface area contributed by atoms with Gasteiger partial charge in [0, 0.05) is 25.3 Å². The summed E-state index contributed by atoms with van der Waals surface area (Å²) in [6.07, 6.45) is 0.0233. The lowest BCUT2D eigenvalue weighted by Crippen LogP contribution is -2.33. The highest BCUT2D eigenvalue weighted by Crippen LogP contribution is 2.35. The van der Waals surface area contributed by atoms with Crippen LogP contribution in [-0.4, -0.2) is 59.3 Å². The fourth-order valence-electron chi connectivity index (χ4n) is 3.95. The van der Waals surface area contributed by atoms with E-state index in [1.807, 2.05) is 0 Å². The van der Waals surface area contributed by atoms with E-state index in [-0.39, 0.29) is 31.8 Å². The van der Waals surface area contributed by atoms with Crippen molar-refractivity contribution < 1.29 is 33.4 Å². The van der Waals surface area contributed by atoms with Crippen molar-refractivity contribution in [2.24, 2.45) is 10.2 Å². The number of nitro benzene ring substituents is 2. The summed E-state index contributed by atoms with van der Waals surface area (Å²) in [7, 11) is 1.73. The molecule has 1 aliphatic heterocycles. The maximum absolute atomic E-state index is 13.9. The zero-order valence-electron chi connectivity index (χ0n) is 21.4. The predicted octanol–water partition coefficient (Wildman–Crippen LogP) is 4.72. The number of imide groups is 1. The van der Waals surface area contributed by atoms with Gasteiger partial charge in [0.25, 0.3) is 11.8 Å². The summed E-state index contributed by atoms with van der Waals surface area (Å²) in [6.45, 7) is 0.0884. The Bertz CT molecular complexity index is 1540. The third-order valence-electron chi connectivity index (χ3n) is 6.11. The second-order valence-electron chi connectivity index (χ2n) is 8.72. The second-order valence-corrected chi connectivity index (χ2v) is 8.72. The Hall–Kier alpha value is -5.60. The van der Waals surface area contributed by atoms with Crippen LogP contribution in [0.25, 0.3) is 0 Å². The number of anilines is 1. The second kappa shape index (κ2) is 12.1. The molecule has 0 N–H and O–H groups in total. The zero-order valence-corrected chi connectivity index (χ0v) is 21.4. The quantitative estimate of drug-likeness (QED) is 0.105. The Morgan fingerprint density at radius 1 is 0.951 bits per heavy atom. The molecule has 0 aliphatic carbocycles. The van der Waals surface area contributed by atoms with Crippen LogP contribution in [0.15, 0.2) is 70.9 Å². The summed E-state index contributed by atoms with van der Waals surface area (Å²) in [5, 5.41) is 29.6.